The van der Waals surface area contributed by atoms with Crippen LogP contribution in [0.3, 0.4) is 0 Å². The molecule has 0 saturated heterocycles. The predicted octanol–water partition coefficient (Wildman–Crippen LogP) is 3.25. The maximum Gasteiger partial charge on any atom is 0.241 e. The molecule has 1 aromatic rings. The lowest BCUT2D eigenvalue weighted by molar-refractivity contribution is -0.0891. The van der Waals surface area contributed by atoms with Crippen LogP contribution in [0.5, 0.6) is 0 Å². The van der Waals surface area contributed by atoms with Crippen molar-refractivity contribution in [3.05, 3.63) is 11.7 Å². The van der Waals surface area contributed by atoms with Gasteiger partial charge in [-0.05, 0) is 32.1 Å². The molecule has 0 amide bonds. The Morgan fingerprint density at radius 3 is 3.00 bits per heavy atom. The van der Waals surface area contributed by atoms with E-state index in [1.54, 1.807) is 0 Å². The first-order chi connectivity index (χ1) is 8.20. The first-order valence-corrected chi connectivity index (χ1v) is 6.76. The van der Waals surface area contributed by atoms with Gasteiger partial charge in [0.25, 0.3) is 0 Å². The van der Waals surface area contributed by atoms with Crippen molar-refractivity contribution in [2.75, 3.05) is 6.61 Å². The fourth-order valence-electron chi connectivity index (χ4n) is 2.67. The van der Waals surface area contributed by atoms with E-state index < -0.39 is 0 Å². The molecule has 96 valence electrons. The number of halogens is 1. The first kappa shape index (κ1) is 12.8. The fraction of sp³-hybridized carbons (Fsp3) is 0.833. The van der Waals surface area contributed by atoms with Crippen LogP contribution in [0.4, 0.5) is 0 Å². The summed E-state index contributed by atoms with van der Waals surface area (Å²) in [5.41, 5.74) is -0.361. The molecule has 5 heteroatoms. The molecule has 0 aromatic carbocycles. The van der Waals surface area contributed by atoms with Gasteiger partial charge in [-0.2, -0.15) is 4.98 Å². The largest absolute Gasteiger partial charge is 0.367 e. The van der Waals surface area contributed by atoms with E-state index >= 15 is 0 Å². The zero-order valence-electron chi connectivity index (χ0n) is 10.4. The topological polar surface area (TPSA) is 48.2 Å². The summed E-state index contributed by atoms with van der Waals surface area (Å²) in [5.74, 6) is 2.03. The Morgan fingerprint density at radius 1 is 1.59 bits per heavy atom. The van der Waals surface area contributed by atoms with Gasteiger partial charge in [-0.1, -0.05) is 18.5 Å². The summed E-state index contributed by atoms with van der Waals surface area (Å²) in [5, 5.41) is 4.04. The van der Waals surface area contributed by atoms with Crippen LogP contribution in [0.15, 0.2) is 4.52 Å². The third kappa shape index (κ3) is 2.63. The van der Waals surface area contributed by atoms with Crippen LogP contribution >= 0.6 is 11.6 Å². The second-order valence-electron chi connectivity index (χ2n) is 4.77. The van der Waals surface area contributed by atoms with Gasteiger partial charge in [0.2, 0.25) is 11.7 Å². The number of nitrogens with zero attached hydrogens (tertiary/aromatic N) is 2. The van der Waals surface area contributed by atoms with Crippen molar-refractivity contribution < 1.29 is 9.26 Å². The molecule has 2 rings (SSSR count). The van der Waals surface area contributed by atoms with Crippen molar-refractivity contribution in [3.8, 4) is 0 Å². The second-order valence-corrected chi connectivity index (χ2v) is 5.04. The minimum Gasteiger partial charge on any atom is -0.367 e. The molecule has 4 nitrogen and oxygen atoms in total. The average molecular weight is 259 g/mol. The standard InChI is InChI=1S/C12H19ClN2O2/c1-3-16-12(6-4-5-9(2)7-12)11-14-10(8-13)17-15-11/h9H,3-8H2,1-2H3. The number of hydrogen-bond donors (Lipinski definition) is 0. The highest BCUT2D eigenvalue weighted by molar-refractivity contribution is 6.16. The van der Waals surface area contributed by atoms with Gasteiger partial charge in [0.1, 0.15) is 11.5 Å². The molecular formula is C12H19ClN2O2. The summed E-state index contributed by atoms with van der Waals surface area (Å²) >= 11 is 5.69. The number of alkyl halides is 1. The molecule has 1 fully saturated rings. The van der Waals surface area contributed by atoms with E-state index in [1.165, 1.54) is 6.42 Å². The van der Waals surface area contributed by atoms with Crippen LogP contribution in [-0.4, -0.2) is 16.7 Å². The third-order valence-electron chi connectivity index (χ3n) is 3.37. The van der Waals surface area contributed by atoms with Crippen LogP contribution in [0.2, 0.25) is 0 Å². The zero-order chi connectivity index (χ0) is 12.3. The van der Waals surface area contributed by atoms with Crippen LogP contribution < -0.4 is 0 Å². The van der Waals surface area contributed by atoms with Crippen molar-refractivity contribution >= 4 is 11.6 Å². The van der Waals surface area contributed by atoms with E-state index in [1.807, 2.05) is 6.92 Å². The quantitative estimate of drug-likeness (QED) is 0.778. The van der Waals surface area contributed by atoms with Crippen molar-refractivity contribution in [3.63, 3.8) is 0 Å². The van der Waals surface area contributed by atoms with E-state index in [0.717, 1.165) is 19.3 Å². The number of aromatic nitrogens is 2. The van der Waals surface area contributed by atoms with E-state index in [-0.39, 0.29) is 11.5 Å². The Morgan fingerprint density at radius 2 is 2.41 bits per heavy atom. The Bertz CT molecular complexity index is 365. The highest BCUT2D eigenvalue weighted by Gasteiger charge is 2.41. The van der Waals surface area contributed by atoms with Crippen LogP contribution in [0.25, 0.3) is 0 Å². The lowest BCUT2D eigenvalue weighted by atomic mass is 9.78. The van der Waals surface area contributed by atoms with E-state index in [4.69, 9.17) is 20.9 Å². The van der Waals surface area contributed by atoms with E-state index in [2.05, 4.69) is 17.1 Å². The van der Waals surface area contributed by atoms with Gasteiger partial charge in [-0.15, -0.1) is 11.6 Å². The summed E-state index contributed by atoms with van der Waals surface area (Å²) in [6.07, 6.45) is 4.31. The highest BCUT2D eigenvalue weighted by Crippen LogP contribution is 2.41. The Labute approximate surface area is 107 Å². The Kier molecular flexibility index (Phi) is 4.05. The molecule has 0 aliphatic heterocycles. The molecule has 1 heterocycles. The van der Waals surface area contributed by atoms with Crippen LogP contribution in [0, 0.1) is 5.92 Å². The maximum atomic E-state index is 5.96. The average Bonchev–Trinajstić information content (AvgIpc) is 2.78. The predicted molar refractivity (Wildman–Crippen MR) is 64.8 cm³/mol. The van der Waals surface area contributed by atoms with Crippen LogP contribution in [-0.2, 0) is 16.2 Å². The molecule has 1 aromatic heterocycles. The summed E-state index contributed by atoms with van der Waals surface area (Å²) in [4.78, 5) is 4.34. The molecule has 0 bridgehead atoms. The highest BCUT2D eigenvalue weighted by atomic mass is 35.5. The van der Waals surface area contributed by atoms with Crippen molar-refractivity contribution in [2.24, 2.45) is 5.92 Å². The second kappa shape index (κ2) is 5.36. The molecule has 1 aliphatic rings. The molecule has 0 N–H and O–H groups in total. The lowest BCUT2D eigenvalue weighted by Gasteiger charge is -2.37. The van der Waals surface area contributed by atoms with Gasteiger partial charge in [0, 0.05) is 6.61 Å². The normalized spacial score (nSPS) is 29.5. The summed E-state index contributed by atoms with van der Waals surface area (Å²) in [6.45, 7) is 4.91. The molecule has 17 heavy (non-hydrogen) atoms. The van der Waals surface area contributed by atoms with Crippen molar-refractivity contribution in [1.29, 1.82) is 0 Å². The summed E-state index contributed by atoms with van der Waals surface area (Å²) < 4.78 is 11.1. The fourth-order valence-corrected chi connectivity index (χ4v) is 2.78. The smallest absolute Gasteiger partial charge is 0.241 e. The number of rotatable bonds is 4. The Balaban J connectivity index is 2.26. The maximum absolute atomic E-state index is 5.96. The molecule has 1 saturated carbocycles. The van der Waals surface area contributed by atoms with Gasteiger partial charge in [0.05, 0.1) is 0 Å². The minimum absolute atomic E-state index is 0.255. The number of hydrogen-bond acceptors (Lipinski definition) is 4. The third-order valence-corrected chi connectivity index (χ3v) is 3.59. The molecule has 1 aliphatic carbocycles. The van der Waals surface area contributed by atoms with Crippen molar-refractivity contribution in [1.82, 2.24) is 10.1 Å². The molecule has 0 spiro atoms. The van der Waals surface area contributed by atoms with Gasteiger partial charge in [-0.25, -0.2) is 0 Å². The SMILES string of the molecule is CCOC1(c2noc(CCl)n2)CCCC(C)C1. The summed E-state index contributed by atoms with van der Waals surface area (Å²) in [6, 6.07) is 0. The van der Waals surface area contributed by atoms with Gasteiger partial charge in [0.15, 0.2) is 0 Å². The van der Waals surface area contributed by atoms with Crippen LogP contribution in [0.1, 0.15) is 51.2 Å². The molecule has 2 unspecified atom stereocenters. The van der Waals surface area contributed by atoms with Gasteiger partial charge in [-0.3, -0.25) is 0 Å². The van der Waals surface area contributed by atoms with E-state index in [0.29, 0.717) is 24.2 Å². The first-order valence-electron chi connectivity index (χ1n) is 6.23. The van der Waals surface area contributed by atoms with Crippen molar-refractivity contribution in [2.45, 2.75) is 51.0 Å². The van der Waals surface area contributed by atoms with Gasteiger partial charge < -0.3 is 9.26 Å². The lowest BCUT2D eigenvalue weighted by Crippen LogP contribution is -2.36. The molecule has 2 atom stereocenters. The Hall–Kier alpha value is -0.610. The monoisotopic (exact) mass is 258 g/mol. The minimum atomic E-state index is -0.361. The summed E-state index contributed by atoms with van der Waals surface area (Å²) in [7, 11) is 0. The zero-order valence-corrected chi connectivity index (χ0v) is 11.2. The molecular weight excluding hydrogens is 240 g/mol. The van der Waals surface area contributed by atoms with E-state index in [9.17, 15) is 0 Å². The van der Waals surface area contributed by atoms with Gasteiger partial charge >= 0.3 is 0 Å². The molecule has 0 radical (unpaired) electrons. The number of ether oxygens (including phenoxy) is 1.